The molecule has 4 nitrogen and oxygen atoms in total. The van der Waals surface area contributed by atoms with Crippen molar-refractivity contribution in [2.75, 3.05) is 20.3 Å². The van der Waals surface area contributed by atoms with E-state index in [0.29, 0.717) is 25.5 Å². The fraction of sp³-hybridized carbons (Fsp3) is 0.400. The third-order valence-corrected chi connectivity index (χ3v) is 1.65. The van der Waals surface area contributed by atoms with Gasteiger partial charge < -0.3 is 14.3 Å². The predicted octanol–water partition coefficient (Wildman–Crippen LogP) is 0.848. The summed E-state index contributed by atoms with van der Waals surface area (Å²) in [6.45, 7) is 1.02. The highest BCUT2D eigenvalue weighted by atomic mass is 16.5. The molecule has 0 amide bonds. The Labute approximate surface area is 82.9 Å². The summed E-state index contributed by atoms with van der Waals surface area (Å²) in [5.41, 5.74) is 0.888. The Morgan fingerprint density at radius 2 is 2.29 bits per heavy atom. The molecule has 76 valence electrons. The number of rotatable bonds is 6. The van der Waals surface area contributed by atoms with Crippen molar-refractivity contribution < 1.29 is 14.3 Å². The fourth-order valence-electron chi connectivity index (χ4n) is 0.943. The van der Waals surface area contributed by atoms with Crippen molar-refractivity contribution in [3.05, 3.63) is 23.9 Å². The van der Waals surface area contributed by atoms with E-state index < -0.39 is 0 Å². The van der Waals surface area contributed by atoms with Crippen molar-refractivity contribution >= 4 is 6.29 Å². The lowest BCUT2D eigenvalue weighted by Gasteiger charge is -2.04. The molecule has 0 atom stereocenters. The molecule has 14 heavy (non-hydrogen) atoms. The number of hydrogen-bond acceptors (Lipinski definition) is 4. The van der Waals surface area contributed by atoms with E-state index in [2.05, 4.69) is 4.98 Å². The Bertz CT molecular complexity index is 271. The van der Waals surface area contributed by atoms with Gasteiger partial charge in [-0.25, -0.2) is 4.98 Å². The zero-order valence-electron chi connectivity index (χ0n) is 8.10. The Kier molecular flexibility index (Phi) is 4.64. The predicted molar refractivity (Wildman–Crippen MR) is 51.4 cm³/mol. The number of ether oxygens (including phenoxy) is 2. The highest BCUT2D eigenvalue weighted by molar-refractivity contribution is 5.54. The number of nitrogens with zero attached hydrogens (tertiary/aromatic N) is 1. The van der Waals surface area contributed by atoms with Crippen LogP contribution in [0.1, 0.15) is 5.56 Å². The van der Waals surface area contributed by atoms with Crippen LogP contribution in [0.4, 0.5) is 0 Å². The number of aromatic nitrogens is 1. The maximum Gasteiger partial charge on any atom is 0.213 e. The molecule has 0 radical (unpaired) electrons. The van der Waals surface area contributed by atoms with Gasteiger partial charge in [0.15, 0.2) is 0 Å². The lowest BCUT2D eigenvalue weighted by molar-refractivity contribution is -0.107. The quantitative estimate of drug-likeness (QED) is 0.498. The second-order valence-electron chi connectivity index (χ2n) is 2.72. The maximum absolute atomic E-state index is 10.2. The molecular formula is C10H13NO3. The fourth-order valence-corrected chi connectivity index (χ4v) is 0.943. The second-order valence-corrected chi connectivity index (χ2v) is 2.72. The normalized spacial score (nSPS) is 9.79. The Hall–Kier alpha value is -1.42. The van der Waals surface area contributed by atoms with Gasteiger partial charge in [-0.15, -0.1) is 0 Å². The van der Waals surface area contributed by atoms with E-state index >= 15 is 0 Å². The summed E-state index contributed by atoms with van der Waals surface area (Å²) in [7, 11) is 1.62. The van der Waals surface area contributed by atoms with E-state index in [0.717, 1.165) is 11.8 Å². The van der Waals surface area contributed by atoms with Crippen LogP contribution >= 0.6 is 0 Å². The summed E-state index contributed by atoms with van der Waals surface area (Å²) in [6.07, 6.45) is 2.88. The van der Waals surface area contributed by atoms with Gasteiger partial charge in [0.2, 0.25) is 5.88 Å². The SMILES string of the molecule is COCCOc1ccc(CC=O)cn1. The van der Waals surface area contributed by atoms with Crippen LogP contribution in [0.5, 0.6) is 5.88 Å². The Morgan fingerprint density at radius 3 is 2.86 bits per heavy atom. The minimum Gasteiger partial charge on any atom is -0.475 e. The second kappa shape index (κ2) is 6.10. The van der Waals surface area contributed by atoms with Gasteiger partial charge in [0.25, 0.3) is 0 Å². The van der Waals surface area contributed by atoms with Crippen molar-refractivity contribution in [1.82, 2.24) is 4.98 Å². The van der Waals surface area contributed by atoms with E-state index in [1.54, 1.807) is 19.4 Å². The van der Waals surface area contributed by atoms with Crippen LogP contribution < -0.4 is 4.74 Å². The van der Waals surface area contributed by atoms with Crippen molar-refractivity contribution in [2.45, 2.75) is 6.42 Å². The molecule has 0 N–H and O–H groups in total. The Morgan fingerprint density at radius 1 is 1.43 bits per heavy atom. The monoisotopic (exact) mass is 195 g/mol. The third-order valence-electron chi connectivity index (χ3n) is 1.65. The number of carbonyl (C=O) groups excluding carboxylic acids is 1. The summed E-state index contributed by atoms with van der Waals surface area (Å²) < 4.78 is 10.1. The lowest BCUT2D eigenvalue weighted by atomic mass is 10.2. The third kappa shape index (κ3) is 3.53. The van der Waals surface area contributed by atoms with Gasteiger partial charge in [-0.2, -0.15) is 0 Å². The smallest absolute Gasteiger partial charge is 0.213 e. The maximum atomic E-state index is 10.2. The molecule has 0 unspecified atom stereocenters. The molecule has 1 rings (SSSR count). The molecule has 0 bridgehead atoms. The number of methoxy groups -OCH3 is 1. The average molecular weight is 195 g/mol. The van der Waals surface area contributed by atoms with E-state index in [1.165, 1.54) is 0 Å². The van der Waals surface area contributed by atoms with Gasteiger partial charge in [-0.1, -0.05) is 6.07 Å². The minimum atomic E-state index is 0.394. The van der Waals surface area contributed by atoms with Gasteiger partial charge in [-0.3, -0.25) is 0 Å². The van der Waals surface area contributed by atoms with E-state index in [-0.39, 0.29) is 0 Å². The van der Waals surface area contributed by atoms with Crippen molar-refractivity contribution in [3.8, 4) is 5.88 Å². The molecule has 0 aliphatic heterocycles. The molecule has 0 aromatic carbocycles. The largest absolute Gasteiger partial charge is 0.475 e. The van der Waals surface area contributed by atoms with Crippen molar-refractivity contribution in [2.24, 2.45) is 0 Å². The zero-order valence-corrected chi connectivity index (χ0v) is 8.10. The first-order chi connectivity index (χ1) is 6.86. The summed E-state index contributed by atoms with van der Waals surface area (Å²) >= 11 is 0. The first-order valence-electron chi connectivity index (χ1n) is 4.37. The van der Waals surface area contributed by atoms with E-state index in [9.17, 15) is 4.79 Å². The van der Waals surface area contributed by atoms with Gasteiger partial charge in [0.1, 0.15) is 12.9 Å². The first-order valence-corrected chi connectivity index (χ1v) is 4.37. The molecule has 0 aliphatic carbocycles. The minimum absolute atomic E-state index is 0.394. The summed E-state index contributed by atoms with van der Waals surface area (Å²) in [6, 6.07) is 3.57. The van der Waals surface area contributed by atoms with Crippen LogP contribution in [0.2, 0.25) is 0 Å². The highest BCUT2D eigenvalue weighted by Gasteiger charge is 1.96. The molecule has 1 heterocycles. The molecule has 0 aliphatic rings. The number of hydrogen-bond donors (Lipinski definition) is 0. The van der Waals surface area contributed by atoms with Crippen molar-refractivity contribution in [1.29, 1.82) is 0 Å². The van der Waals surface area contributed by atoms with Gasteiger partial charge >= 0.3 is 0 Å². The molecule has 1 aromatic heterocycles. The van der Waals surface area contributed by atoms with Gasteiger partial charge in [0, 0.05) is 25.8 Å². The zero-order chi connectivity index (χ0) is 10.2. The average Bonchev–Trinajstić information content (AvgIpc) is 2.21. The first kappa shape index (κ1) is 10.7. The molecule has 0 saturated heterocycles. The summed E-state index contributed by atoms with van der Waals surface area (Å²) in [4.78, 5) is 14.2. The molecule has 0 fully saturated rings. The molecule has 0 spiro atoms. The van der Waals surface area contributed by atoms with Crippen LogP contribution in [0.3, 0.4) is 0 Å². The van der Waals surface area contributed by atoms with Crippen molar-refractivity contribution in [3.63, 3.8) is 0 Å². The molecule has 4 heteroatoms. The van der Waals surface area contributed by atoms with E-state index in [1.807, 2.05) is 6.07 Å². The number of pyridine rings is 1. The van der Waals surface area contributed by atoms with Crippen LogP contribution in [0.25, 0.3) is 0 Å². The Balaban J connectivity index is 2.42. The van der Waals surface area contributed by atoms with Crippen LogP contribution in [0, 0.1) is 0 Å². The number of carbonyl (C=O) groups is 1. The molecule has 1 aromatic rings. The summed E-state index contributed by atoms with van der Waals surface area (Å²) in [5, 5.41) is 0. The van der Waals surface area contributed by atoms with Gasteiger partial charge in [-0.05, 0) is 5.56 Å². The molecule has 0 saturated carbocycles. The van der Waals surface area contributed by atoms with Crippen LogP contribution in [0.15, 0.2) is 18.3 Å². The topological polar surface area (TPSA) is 48.4 Å². The van der Waals surface area contributed by atoms with Crippen LogP contribution in [-0.4, -0.2) is 31.6 Å². The van der Waals surface area contributed by atoms with E-state index in [4.69, 9.17) is 9.47 Å². The number of aldehydes is 1. The highest BCUT2D eigenvalue weighted by Crippen LogP contribution is 2.07. The standard InChI is InChI=1S/C10H13NO3/c1-13-6-7-14-10-3-2-9(4-5-12)8-11-10/h2-3,5,8H,4,6-7H2,1H3. The van der Waals surface area contributed by atoms with Crippen LogP contribution in [-0.2, 0) is 16.0 Å². The van der Waals surface area contributed by atoms with Gasteiger partial charge in [0.05, 0.1) is 6.61 Å². The summed E-state index contributed by atoms with van der Waals surface area (Å²) in [5.74, 6) is 0.552. The lowest BCUT2D eigenvalue weighted by Crippen LogP contribution is -2.05. The molecular weight excluding hydrogens is 182 g/mol.